The van der Waals surface area contributed by atoms with E-state index in [1.165, 1.54) is 0 Å². The van der Waals surface area contributed by atoms with Gasteiger partial charge in [0.05, 0.1) is 18.7 Å². The second-order valence-corrected chi connectivity index (χ2v) is 8.47. The summed E-state index contributed by atoms with van der Waals surface area (Å²) >= 11 is 3.23. The number of hydrogen-bond acceptors (Lipinski definition) is 6. The smallest absolute Gasteiger partial charge is 0.226 e. The molecule has 2 aromatic heterocycles. The number of amides is 1. The summed E-state index contributed by atoms with van der Waals surface area (Å²) in [5.74, 6) is 2.26. The van der Waals surface area contributed by atoms with Crippen LogP contribution in [0.15, 0.2) is 40.9 Å². The third-order valence-corrected chi connectivity index (χ3v) is 6.22. The van der Waals surface area contributed by atoms with E-state index in [2.05, 4.69) is 34.3 Å². The maximum Gasteiger partial charge on any atom is 0.226 e. The zero-order valence-electron chi connectivity index (χ0n) is 15.7. The Morgan fingerprint density at radius 3 is 2.78 bits per heavy atom. The molecule has 0 aliphatic carbocycles. The molecule has 6 nitrogen and oxygen atoms in total. The molecule has 1 N–H and O–H groups in total. The second-order valence-electron chi connectivity index (χ2n) is 6.63. The summed E-state index contributed by atoms with van der Waals surface area (Å²) in [6.07, 6.45) is 0.260. The number of thioether (sulfide) groups is 1. The van der Waals surface area contributed by atoms with E-state index in [1.54, 1.807) is 23.1 Å². The summed E-state index contributed by atoms with van der Waals surface area (Å²) in [6.45, 7) is 4.71. The van der Waals surface area contributed by atoms with E-state index >= 15 is 0 Å². The third kappa shape index (κ3) is 5.40. The van der Waals surface area contributed by atoms with Gasteiger partial charge in [0.2, 0.25) is 5.91 Å². The van der Waals surface area contributed by atoms with E-state index in [4.69, 9.17) is 0 Å². The highest BCUT2D eigenvalue weighted by Crippen LogP contribution is 2.23. The van der Waals surface area contributed by atoms with Crippen LogP contribution in [-0.4, -0.2) is 31.4 Å². The van der Waals surface area contributed by atoms with Gasteiger partial charge in [0.15, 0.2) is 11.0 Å². The highest BCUT2D eigenvalue weighted by Gasteiger charge is 2.13. The Hall–Kier alpha value is -2.19. The first kappa shape index (κ1) is 19.6. The Morgan fingerprint density at radius 2 is 2.04 bits per heavy atom. The first-order valence-corrected chi connectivity index (χ1v) is 10.7. The van der Waals surface area contributed by atoms with Gasteiger partial charge < -0.3 is 9.88 Å². The summed E-state index contributed by atoms with van der Waals surface area (Å²) in [6, 6.07) is 9.98. The highest BCUT2D eigenvalue weighted by molar-refractivity contribution is 7.99. The molecule has 142 valence electrons. The molecule has 3 aromatic rings. The van der Waals surface area contributed by atoms with Crippen LogP contribution in [0.2, 0.25) is 0 Å². The number of carbonyl (C=O) groups excluding carboxylic acids is 1. The molecule has 1 amide bonds. The molecule has 2 heterocycles. The quantitative estimate of drug-likeness (QED) is 0.585. The zero-order chi connectivity index (χ0) is 19.2. The molecule has 0 aliphatic heterocycles. The molecule has 0 aliphatic rings. The minimum Gasteiger partial charge on any atom is -0.348 e. The monoisotopic (exact) mass is 401 g/mol. The molecule has 0 spiro atoms. The molecular formula is C19H23N5OS2. The van der Waals surface area contributed by atoms with E-state index < -0.39 is 0 Å². The lowest BCUT2D eigenvalue weighted by atomic mass is 10.2. The SMILES string of the molecule is CC(C)CSc1nnc(CNC(=O)Cc2csc(-c3ccccc3)n2)n1C. The van der Waals surface area contributed by atoms with E-state index in [-0.39, 0.29) is 12.3 Å². The molecule has 0 bridgehead atoms. The van der Waals surface area contributed by atoms with Crippen LogP contribution in [0, 0.1) is 5.92 Å². The van der Waals surface area contributed by atoms with Crippen molar-refractivity contribution in [3.8, 4) is 10.6 Å². The third-order valence-electron chi connectivity index (χ3n) is 3.83. The number of thiazole rings is 1. The lowest BCUT2D eigenvalue weighted by Gasteiger charge is -2.06. The fraction of sp³-hybridized carbons (Fsp3) is 0.368. The number of nitrogens with zero attached hydrogens (tertiary/aromatic N) is 4. The lowest BCUT2D eigenvalue weighted by molar-refractivity contribution is -0.120. The van der Waals surface area contributed by atoms with Gasteiger partial charge in [-0.2, -0.15) is 0 Å². The van der Waals surface area contributed by atoms with Crippen molar-refractivity contribution in [3.05, 3.63) is 47.2 Å². The molecule has 0 saturated heterocycles. The molecule has 0 fully saturated rings. The van der Waals surface area contributed by atoms with Crippen LogP contribution in [0.4, 0.5) is 0 Å². The van der Waals surface area contributed by atoms with Crippen molar-refractivity contribution >= 4 is 29.0 Å². The van der Waals surface area contributed by atoms with Crippen LogP contribution in [0.3, 0.4) is 0 Å². The molecule has 27 heavy (non-hydrogen) atoms. The summed E-state index contributed by atoms with van der Waals surface area (Å²) in [7, 11) is 1.93. The van der Waals surface area contributed by atoms with Crippen molar-refractivity contribution < 1.29 is 4.79 Å². The van der Waals surface area contributed by atoms with Crippen LogP contribution in [-0.2, 0) is 24.8 Å². The first-order valence-electron chi connectivity index (χ1n) is 8.80. The van der Waals surface area contributed by atoms with Gasteiger partial charge in [-0.1, -0.05) is 55.9 Å². The van der Waals surface area contributed by atoms with Crippen molar-refractivity contribution in [2.45, 2.75) is 32.0 Å². The normalized spacial score (nSPS) is 11.1. The molecule has 0 unspecified atom stereocenters. The van der Waals surface area contributed by atoms with Gasteiger partial charge in [-0.15, -0.1) is 21.5 Å². The molecule has 0 atom stereocenters. The van der Waals surface area contributed by atoms with Gasteiger partial charge in [-0.25, -0.2) is 4.98 Å². The average molecular weight is 402 g/mol. The summed E-state index contributed by atoms with van der Waals surface area (Å²) < 4.78 is 1.93. The Kier molecular flexibility index (Phi) is 6.63. The predicted octanol–water partition coefficient (Wildman–Crippen LogP) is 3.55. The van der Waals surface area contributed by atoms with Gasteiger partial charge >= 0.3 is 0 Å². The largest absolute Gasteiger partial charge is 0.348 e. The Balaban J connectivity index is 1.52. The van der Waals surface area contributed by atoms with Gasteiger partial charge in [-0.05, 0) is 5.92 Å². The number of aromatic nitrogens is 4. The van der Waals surface area contributed by atoms with Crippen molar-refractivity contribution in [1.82, 2.24) is 25.1 Å². The number of benzene rings is 1. The van der Waals surface area contributed by atoms with Crippen LogP contribution < -0.4 is 5.32 Å². The molecular weight excluding hydrogens is 378 g/mol. The maximum atomic E-state index is 12.3. The summed E-state index contributed by atoms with van der Waals surface area (Å²) in [5.41, 5.74) is 1.85. The minimum atomic E-state index is -0.0701. The summed E-state index contributed by atoms with van der Waals surface area (Å²) in [5, 5.41) is 15.0. The molecule has 3 rings (SSSR count). The van der Waals surface area contributed by atoms with Crippen LogP contribution in [0.1, 0.15) is 25.4 Å². The highest BCUT2D eigenvalue weighted by atomic mass is 32.2. The number of hydrogen-bond donors (Lipinski definition) is 1. The number of carbonyl (C=O) groups is 1. The van der Waals surface area contributed by atoms with Crippen molar-refractivity contribution in [1.29, 1.82) is 0 Å². The lowest BCUT2D eigenvalue weighted by Crippen LogP contribution is -2.26. The second kappa shape index (κ2) is 9.14. The number of nitrogens with one attached hydrogen (secondary N) is 1. The molecule has 0 saturated carbocycles. The fourth-order valence-electron chi connectivity index (χ4n) is 2.37. The van der Waals surface area contributed by atoms with Gasteiger partial charge in [0.1, 0.15) is 5.01 Å². The van der Waals surface area contributed by atoms with Crippen LogP contribution >= 0.6 is 23.1 Å². The predicted molar refractivity (Wildman–Crippen MR) is 110 cm³/mol. The Bertz CT molecular complexity index is 889. The number of rotatable bonds is 8. The van der Waals surface area contributed by atoms with E-state index in [0.717, 1.165) is 33.0 Å². The van der Waals surface area contributed by atoms with Crippen molar-refractivity contribution in [2.75, 3.05) is 5.75 Å². The van der Waals surface area contributed by atoms with E-state index in [0.29, 0.717) is 12.5 Å². The Labute approximate surface area is 167 Å². The van der Waals surface area contributed by atoms with Gasteiger partial charge in [0, 0.05) is 23.7 Å². The van der Waals surface area contributed by atoms with Crippen molar-refractivity contribution in [3.63, 3.8) is 0 Å². The van der Waals surface area contributed by atoms with E-state index in [1.807, 2.05) is 47.3 Å². The van der Waals surface area contributed by atoms with Gasteiger partial charge in [-0.3, -0.25) is 4.79 Å². The molecule has 0 radical (unpaired) electrons. The first-order chi connectivity index (χ1) is 13.0. The maximum absolute atomic E-state index is 12.3. The van der Waals surface area contributed by atoms with Crippen molar-refractivity contribution in [2.24, 2.45) is 13.0 Å². The summed E-state index contributed by atoms with van der Waals surface area (Å²) in [4.78, 5) is 16.8. The fourth-order valence-corrected chi connectivity index (χ4v) is 4.08. The standard InChI is InChI=1S/C19H23N5OS2/c1-13(2)11-27-19-23-22-16(24(19)3)10-20-17(25)9-15-12-26-18(21-15)14-7-5-4-6-8-14/h4-8,12-13H,9-11H2,1-3H3,(H,20,25). The Morgan fingerprint density at radius 1 is 1.26 bits per heavy atom. The average Bonchev–Trinajstić information content (AvgIpc) is 3.26. The molecule has 8 heteroatoms. The van der Waals surface area contributed by atoms with Gasteiger partial charge in [0.25, 0.3) is 0 Å². The van der Waals surface area contributed by atoms with Crippen LogP contribution in [0.25, 0.3) is 10.6 Å². The van der Waals surface area contributed by atoms with E-state index in [9.17, 15) is 4.79 Å². The van der Waals surface area contributed by atoms with Crippen LogP contribution in [0.5, 0.6) is 0 Å². The topological polar surface area (TPSA) is 72.7 Å². The zero-order valence-corrected chi connectivity index (χ0v) is 17.3. The minimum absolute atomic E-state index is 0.0701. The molecule has 1 aromatic carbocycles.